The summed E-state index contributed by atoms with van der Waals surface area (Å²) in [6, 6.07) is 30.9. The van der Waals surface area contributed by atoms with Crippen LogP contribution in [-0.2, 0) is 17.9 Å². The van der Waals surface area contributed by atoms with E-state index in [2.05, 4.69) is 15.9 Å². The van der Waals surface area contributed by atoms with Gasteiger partial charge in [-0.3, -0.25) is 9.69 Å². The van der Waals surface area contributed by atoms with Crippen molar-refractivity contribution in [3.63, 3.8) is 0 Å². The van der Waals surface area contributed by atoms with Crippen LogP contribution in [-0.4, -0.2) is 23.1 Å². The van der Waals surface area contributed by atoms with Crippen LogP contribution in [0, 0.1) is 0 Å². The number of halogens is 2. The number of amides is 1. The quantitative estimate of drug-likeness (QED) is 0.186. The highest BCUT2D eigenvalue weighted by Gasteiger charge is 2.33. The lowest BCUT2D eigenvalue weighted by atomic mass is 10.2. The molecule has 0 atom stereocenters. The van der Waals surface area contributed by atoms with Crippen LogP contribution in [0.15, 0.2) is 111 Å². The maximum absolute atomic E-state index is 13.6. The van der Waals surface area contributed by atoms with Crippen LogP contribution in [0.4, 0.5) is 5.69 Å². The molecule has 196 valence electrons. The van der Waals surface area contributed by atoms with Gasteiger partial charge in [0.05, 0.1) is 33.7 Å². The van der Waals surface area contributed by atoms with Crippen molar-refractivity contribution in [2.75, 3.05) is 7.11 Å². The molecule has 0 bridgehead atoms. The number of benzene rings is 4. The van der Waals surface area contributed by atoms with Crippen LogP contribution in [0.1, 0.15) is 16.7 Å². The molecule has 0 aliphatic carbocycles. The van der Waals surface area contributed by atoms with Gasteiger partial charge < -0.3 is 9.47 Å². The summed E-state index contributed by atoms with van der Waals surface area (Å²) in [4.78, 5) is 20.6. The summed E-state index contributed by atoms with van der Waals surface area (Å²) in [5.41, 5.74) is 3.57. The zero-order valence-electron chi connectivity index (χ0n) is 21.0. The third-order valence-corrected chi connectivity index (χ3v) is 7.79. The highest BCUT2D eigenvalue weighted by molar-refractivity contribution is 9.10. The Hall–Kier alpha value is -3.52. The van der Waals surface area contributed by atoms with Crippen molar-refractivity contribution < 1.29 is 14.3 Å². The van der Waals surface area contributed by atoms with Gasteiger partial charge >= 0.3 is 0 Å². The van der Waals surface area contributed by atoms with Gasteiger partial charge in [0.25, 0.3) is 5.91 Å². The fraction of sp³-hybridized carbons (Fsp3) is 0.0968. The lowest BCUT2D eigenvalue weighted by Crippen LogP contribution is -2.28. The largest absolute Gasteiger partial charge is 0.497 e. The van der Waals surface area contributed by atoms with E-state index in [-0.39, 0.29) is 5.91 Å². The Kier molecular flexibility index (Phi) is 8.71. The van der Waals surface area contributed by atoms with Crippen LogP contribution in [0.2, 0.25) is 5.02 Å². The summed E-state index contributed by atoms with van der Waals surface area (Å²) >= 11 is 11.5. The topological polar surface area (TPSA) is 51.1 Å². The minimum absolute atomic E-state index is 0.123. The normalized spacial score (nSPS) is 15.3. The van der Waals surface area contributed by atoms with Crippen LogP contribution in [0.25, 0.3) is 6.08 Å². The number of thioether (sulfide) groups is 1. The minimum Gasteiger partial charge on any atom is -0.497 e. The summed E-state index contributed by atoms with van der Waals surface area (Å²) in [5.74, 6) is 1.20. The van der Waals surface area contributed by atoms with Crippen molar-refractivity contribution in [1.82, 2.24) is 4.90 Å². The second-order valence-corrected chi connectivity index (χ2v) is 10.9. The molecule has 1 aliphatic rings. The van der Waals surface area contributed by atoms with E-state index in [0.717, 1.165) is 28.1 Å². The van der Waals surface area contributed by atoms with E-state index >= 15 is 0 Å². The Morgan fingerprint density at radius 2 is 1.64 bits per heavy atom. The van der Waals surface area contributed by atoms with E-state index in [0.29, 0.717) is 38.5 Å². The number of rotatable bonds is 8. The van der Waals surface area contributed by atoms with E-state index in [1.54, 1.807) is 18.1 Å². The molecular formula is C31H24BrClN2O3S. The molecule has 0 radical (unpaired) electrons. The van der Waals surface area contributed by atoms with Crippen molar-refractivity contribution in [3.05, 3.63) is 128 Å². The Morgan fingerprint density at radius 3 is 2.31 bits per heavy atom. The third kappa shape index (κ3) is 6.74. The third-order valence-electron chi connectivity index (χ3n) is 5.91. The number of carbonyl (C=O) groups is 1. The molecule has 0 N–H and O–H groups in total. The maximum atomic E-state index is 13.6. The van der Waals surface area contributed by atoms with E-state index < -0.39 is 0 Å². The van der Waals surface area contributed by atoms with Crippen molar-refractivity contribution in [1.29, 1.82) is 0 Å². The van der Waals surface area contributed by atoms with E-state index in [4.69, 9.17) is 26.1 Å². The molecule has 1 heterocycles. The fourth-order valence-corrected chi connectivity index (χ4v) is 5.93. The van der Waals surface area contributed by atoms with E-state index in [1.807, 2.05) is 97.1 Å². The molecular weight excluding hydrogens is 596 g/mol. The SMILES string of the molecule is COc1ccc(CN2C(=O)/C(=C/c3cc(Cl)c(OCc4ccccc4)c(Br)c3)SC2=Nc2ccccc2)cc1. The minimum atomic E-state index is -0.123. The summed E-state index contributed by atoms with van der Waals surface area (Å²) in [6.07, 6.45) is 1.83. The second-order valence-electron chi connectivity index (χ2n) is 8.67. The Labute approximate surface area is 245 Å². The van der Waals surface area contributed by atoms with Gasteiger partial charge in [-0.1, -0.05) is 72.3 Å². The number of hydrogen-bond donors (Lipinski definition) is 0. The number of nitrogens with zero attached hydrogens (tertiary/aromatic N) is 2. The number of ether oxygens (including phenoxy) is 2. The Bertz CT molecular complexity index is 1500. The molecule has 39 heavy (non-hydrogen) atoms. The zero-order chi connectivity index (χ0) is 27.2. The zero-order valence-corrected chi connectivity index (χ0v) is 24.2. The first-order valence-electron chi connectivity index (χ1n) is 12.1. The summed E-state index contributed by atoms with van der Waals surface area (Å²) in [7, 11) is 1.63. The average molecular weight is 620 g/mol. The molecule has 4 aromatic carbocycles. The monoisotopic (exact) mass is 618 g/mol. The molecule has 4 aromatic rings. The van der Waals surface area contributed by atoms with Crippen molar-refractivity contribution >= 4 is 62.1 Å². The molecule has 1 fully saturated rings. The molecule has 0 spiro atoms. The number of para-hydroxylation sites is 1. The molecule has 1 saturated heterocycles. The van der Waals surface area contributed by atoms with Gasteiger partial charge in [0.15, 0.2) is 10.9 Å². The van der Waals surface area contributed by atoms with Crippen molar-refractivity contribution in [3.8, 4) is 11.5 Å². The highest BCUT2D eigenvalue weighted by atomic mass is 79.9. The first-order valence-corrected chi connectivity index (χ1v) is 14.1. The molecule has 0 unspecified atom stereocenters. The molecule has 5 nitrogen and oxygen atoms in total. The van der Waals surface area contributed by atoms with Gasteiger partial charge in [0.2, 0.25) is 0 Å². The first-order chi connectivity index (χ1) is 19.0. The standard InChI is InChI=1S/C31H24BrClN2O3S/c1-37-25-14-12-21(13-15-25)19-35-30(36)28(39-31(35)34-24-10-6-3-7-11-24)18-23-16-26(32)29(27(33)17-23)38-20-22-8-4-2-5-9-22/h2-18H,19-20H2,1H3/b28-18-,34-31?. The summed E-state index contributed by atoms with van der Waals surface area (Å²) in [5, 5.41) is 1.07. The van der Waals surface area contributed by atoms with Gasteiger partial charge in [0, 0.05) is 0 Å². The molecule has 5 rings (SSSR count). The van der Waals surface area contributed by atoms with Crippen molar-refractivity contribution in [2.24, 2.45) is 4.99 Å². The predicted octanol–water partition coefficient (Wildman–Crippen LogP) is 8.49. The summed E-state index contributed by atoms with van der Waals surface area (Å²) < 4.78 is 12.0. The second kappa shape index (κ2) is 12.6. The highest BCUT2D eigenvalue weighted by Crippen LogP contribution is 2.39. The van der Waals surface area contributed by atoms with Gasteiger partial charge in [0.1, 0.15) is 12.4 Å². The molecule has 0 aromatic heterocycles. The molecule has 0 saturated carbocycles. The number of amidine groups is 1. The number of aliphatic imine (C=N–C) groups is 1. The van der Waals surface area contributed by atoms with Gasteiger partial charge in [-0.2, -0.15) is 0 Å². The van der Waals surface area contributed by atoms with Crippen LogP contribution in [0.5, 0.6) is 11.5 Å². The maximum Gasteiger partial charge on any atom is 0.267 e. The average Bonchev–Trinajstić information content (AvgIpc) is 3.23. The molecule has 8 heteroatoms. The number of methoxy groups -OCH3 is 1. The van der Waals surface area contributed by atoms with Crippen LogP contribution in [0.3, 0.4) is 0 Å². The van der Waals surface area contributed by atoms with E-state index in [9.17, 15) is 4.79 Å². The lowest BCUT2D eigenvalue weighted by molar-refractivity contribution is -0.122. The van der Waals surface area contributed by atoms with Crippen LogP contribution < -0.4 is 9.47 Å². The Balaban J connectivity index is 1.41. The number of carbonyl (C=O) groups excluding carboxylic acids is 1. The summed E-state index contributed by atoms with van der Waals surface area (Å²) in [6.45, 7) is 0.781. The smallest absolute Gasteiger partial charge is 0.267 e. The fourth-order valence-electron chi connectivity index (χ4n) is 3.94. The van der Waals surface area contributed by atoms with E-state index in [1.165, 1.54) is 11.8 Å². The van der Waals surface area contributed by atoms with Gasteiger partial charge in [-0.25, -0.2) is 4.99 Å². The van der Waals surface area contributed by atoms with Gasteiger partial charge in [-0.05, 0) is 86.9 Å². The Morgan fingerprint density at radius 1 is 0.949 bits per heavy atom. The van der Waals surface area contributed by atoms with Gasteiger partial charge in [-0.15, -0.1) is 0 Å². The lowest BCUT2D eigenvalue weighted by Gasteiger charge is -2.16. The molecule has 1 aliphatic heterocycles. The molecule has 1 amide bonds. The van der Waals surface area contributed by atoms with Crippen molar-refractivity contribution in [2.45, 2.75) is 13.2 Å². The van der Waals surface area contributed by atoms with Crippen LogP contribution >= 0.6 is 39.3 Å². The predicted molar refractivity (Wildman–Crippen MR) is 163 cm³/mol. The first kappa shape index (κ1) is 27.1. The number of hydrogen-bond acceptors (Lipinski definition) is 5.